The molecule has 1 rings (SSSR count). The summed E-state index contributed by atoms with van der Waals surface area (Å²) in [6.45, 7) is 0. The summed E-state index contributed by atoms with van der Waals surface area (Å²) in [6, 6.07) is 0. The molecule has 1 saturated carbocycles. The van der Waals surface area contributed by atoms with Crippen LogP contribution < -0.4 is 9.79 Å². The molecule has 0 saturated heterocycles. The van der Waals surface area contributed by atoms with Crippen LogP contribution in [0.15, 0.2) is 0 Å². The van der Waals surface area contributed by atoms with Crippen LogP contribution in [0.4, 0.5) is 0 Å². The van der Waals surface area contributed by atoms with E-state index in [0.717, 1.165) is 0 Å². The Morgan fingerprint density at radius 2 is 1.28 bits per heavy atom. The molecule has 1 fully saturated rings. The van der Waals surface area contributed by atoms with Crippen LogP contribution in [0, 0.1) is 0 Å². The molecule has 0 unspecified atom stereocenters. The minimum absolute atomic E-state index is 0. The molecule has 102 valence electrons. The van der Waals surface area contributed by atoms with Crippen LogP contribution in [-0.2, 0) is 9.09 Å². The molecule has 0 heterocycles. The van der Waals surface area contributed by atoms with Gasteiger partial charge in [0.2, 0.25) is 5.79 Å². The zero-order valence-electron chi connectivity index (χ0n) is 8.86. The van der Waals surface area contributed by atoms with Crippen molar-refractivity contribution in [1.29, 1.82) is 0 Å². The molecular weight excluding hydrogens is 303 g/mol. The Kier molecular flexibility index (Phi) is 6.66. The van der Waals surface area contributed by atoms with E-state index in [1.54, 1.807) is 0 Å². The molecule has 6 atom stereocenters. The fourth-order valence-electron chi connectivity index (χ4n) is 1.53. The molecule has 0 aromatic rings. The second-order valence-corrected chi connectivity index (χ2v) is 4.73. The number of aliphatic hydroxyl groups is 6. The predicted molar refractivity (Wildman–Crippen MR) is 49.4 cm³/mol. The van der Waals surface area contributed by atoms with Gasteiger partial charge in [-0.25, -0.2) is 0 Å². The van der Waals surface area contributed by atoms with Gasteiger partial charge in [0.15, 0.2) is 0 Å². The van der Waals surface area contributed by atoms with Crippen molar-refractivity contribution in [3.05, 3.63) is 0 Å². The van der Waals surface area contributed by atoms with Gasteiger partial charge in [-0.2, -0.15) is 0 Å². The SMILES string of the molecule is O=P([O-])([O-])O[C@]1(O)[C@H](O)[C@H](O)[C@@H](O)[C@H](O)[C@H]1O.[Ca+2]. The molecule has 12 heteroatoms. The summed E-state index contributed by atoms with van der Waals surface area (Å²) in [5.41, 5.74) is 0. The predicted octanol–water partition coefficient (Wildman–Crippen LogP) is -6.04. The molecule has 0 aromatic heterocycles. The Labute approximate surface area is 131 Å². The van der Waals surface area contributed by atoms with E-state index < -0.39 is 44.1 Å². The molecule has 1 aliphatic carbocycles. The first-order valence-corrected chi connectivity index (χ1v) is 5.82. The Bertz CT molecular complexity index is 316. The zero-order chi connectivity index (χ0) is 13.6. The maximum atomic E-state index is 10.3. The van der Waals surface area contributed by atoms with Crippen molar-refractivity contribution in [1.82, 2.24) is 0 Å². The van der Waals surface area contributed by atoms with Gasteiger partial charge in [0.25, 0.3) is 0 Å². The minimum atomic E-state index is -5.82. The van der Waals surface area contributed by atoms with E-state index in [9.17, 15) is 29.7 Å². The summed E-state index contributed by atoms with van der Waals surface area (Å²) in [4.78, 5) is 20.7. The molecule has 0 aromatic carbocycles. The third-order valence-corrected chi connectivity index (χ3v) is 2.97. The van der Waals surface area contributed by atoms with Crippen LogP contribution in [0.1, 0.15) is 0 Å². The number of hydrogen-bond donors (Lipinski definition) is 6. The molecule has 0 spiro atoms. The second kappa shape index (κ2) is 6.27. The standard InChI is InChI=1S/C6H13O10P.Ca/c7-1-2(8)4(10)6(12,5(11)3(1)9)16-17(13,14)15;/h1-5,7-12H,(H2,13,14,15);/q;+2/p-2/t1-,2-,3+,4-,5-,6-;/m1./s1. The molecule has 0 bridgehead atoms. The van der Waals surface area contributed by atoms with Gasteiger partial charge in [-0.15, -0.1) is 0 Å². The zero-order valence-corrected chi connectivity index (χ0v) is 12.0. The van der Waals surface area contributed by atoms with Crippen LogP contribution in [0.25, 0.3) is 0 Å². The van der Waals surface area contributed by atoms with Gasteiger partial charge in [0, 0.05) is 0 Å². The van der Waals surface area contributed by atoms with Gasteiger partial charge in [0.1, 0.15) is 30.5 Å². The molecule has 10 nitrogen and oxygen atoms in total. The van der Waals surface area contributed by atoms with Gasteiger partial charge in [-0.3, -0.25) is 0 Å². The molecule has 0 amide bonds. The van der Waals surface area contributed by atoms with Gasteiger partial charge in [0.05, 0.1) is 7.82 Å². The van der Waals surface area contributed by atoms with Crippen molar-refractivity contribution in [3.63, 3.8) is 0 Å². The number of phosphoric acid groups is 1. The van der Waals surface area contributed by atoms with Crippen molar-refractivity contribution in [2.45, 2.75) is 36.3 Å². The molecular formula is C6H11CaO10P. The number of aliphatic hydroxyl groups excluding tert-OH is 5. The molecule has 1 aliphatic rings. The monoisotopic (exact) mass is 314 g/mol. The topological polar surface area (TPSA) is 194 Å². The van der Waals surface area contributed by atoms with Crippen LogP contribution in [0.2, 0.25) is 0 Å². The molecule has 6 N–H and O–H groups in total. The van der Waals surface area contributed by atoms with E-state index in [1.165, 1.54) is 0 Å². The third kappa shape index (κ3) is 3.61. The van der Waals surface area contributed by atoms with E-state index in [0.29, 0.717) is 0 Å². The van der Waals surface area contributed by atoms with E-state index in [1.807, 2.05) is 0 Å². The first-order valence-electron chi connectivity index (χ1n) is 4.36. The average molecular weight is 314 g/mol. The Morgan fingerprint density at radius 1 is 0.944 bits per heavy atom. The summed E-state index contributed by atoms with van der Waals surface area (Å²) in [5, 5.41) is 55.4. The number of hydrogen-bond acceptors (Lipinski definition) is 10. The van der Waals surface area contributed by atoms with Crippen molar-refractivity contribution in [2.24, 2.45) is 0 Å². The quantitative estimate of drug-likeness (QED) is 0.162. The van der Waals surface area contributed by atoms with E-state index in [2.05, 4.69) is 4.52 Å². The first-order chi connectivity index (χ1) is 7.50. The summed E-state index contributed by atoms with van der Waals surface area (Å²) in [6.07, 6.45) is -11.5. The fourth-order valence-corrected chi connectivity index (χ4v) is 2.10. The largest absolute Gasteiger partial charge is 2.00 e. The summed E-state index contributed by atoms with van der Waals surface area (Å²) in [7, 11) is -5.82. The third-order valence-electron chi connectivity index (χ3n) is 2.45. The van der Waals surface area contributed by atoms with Crippen molar-refractivity contribution in [2.75, 3.05) is 0 Å². The van der Waals surface area contributed by atoms with Crippen molar-refractivity contribution in [3.8, 4) is 0 Å². The smallest absolute Gasteiger partial charge is 0.790 e. The first kappa shape index (κ1) is 19.1. The summed E-state index contributed by atoms with van der Waals surface area (Å²) in [5.74, 6) is -3.43. The summed E-state index contributed by atoms with van der Waals surface area (Å²) >= 11 is 0. The van der Waals surface area contributed by atoms with E-state index >= 15 is 0 Å². The minimum Gasteiger partial charge on any atom is -0.790 e. The van der Waals surface area contributed by atoms with Crippen molar-refractivity contribution >= 4 is 45.6 Å². The maximum absolute atomic E-state index is 10.3. The Hall–Kier alpha value is 1.13. The Balaban J connectivity index is 0.00000289. The van der Waals surface area contributed by atoms with Crippen LogP contribution in [0.5, 0.6) is 0 Å². The Morgan fingerprint density at radius 3 is 1.56 bits per heavy atom. The number of rotatable bonds is 2. The van der Waals surface area contributed by atoms with E-state index in [4.69, 9.17) is 15.3 Å². The van der Waals surface area contributed by atoms with Crippen LogP contribution >= 0.6 is 7.82 Å². The molecule has 0 radical (unpaired) electrons. The van der Waals surface area contributed by atoms with Gasteiger partial charge in [-0.05, 0) is 0 Å². The van der Waals surface area contributed by atoms with Gasteiger partial charge >= 0.3 is 37.7 Å². The summed E-state index contributed by atoms with van der Waals surface area (Å²) < 4.78 is 13.9. The van der Waals surface area contributed by atoms with Crippen LogP contribution in [-0.4, -0.2) is 105 Å². The van der Waals surface area contributed by atoms with Gasteiger partial charge in [-0.1, -0.05) is 0 Å². The average Bonchev–Trinajstić information content (AvgIpc) is 2.19. The van der Waals surface area contributed by atoms with E-state index in [-0.39, 0.29) is 37.7 Å². The maximum Gasteiger partial charge on any atom is 2.00 e. The molecule has 18 heavy (non-hydrogen) atoms. The molecule has 0 aliphatic heterocycles. The fraction of sp³-hybridized carbons (Fsp3) is 1.00. The number of phosphoric ester groups is 1. The van der Waals surface area contributed by atoms with Crippen LogP contribution in [0.3, 0.4) is 0 Å². The second-order valence-electron chi connectivity index (χ2n) is 3.65. The van der Waals surface area contributed by atoms with Gasteiger partial charge < -0.3 is 49.5 Å². The van der Waals surface area contributed by atoms with Crippen molar-refractivity contribution < 1.29 is 49.5 Å². The normalized spacial score (nSPS) is 45.4.